The lowest BCUT2D eigenvalue weighted by Crippen LogP contribution is -2.34. The fourth-order valence-corrected chi connectivity index (χ4v) is 3.10. The zero-order valence-corrected chi connectivity index (χ0v) is 14.7. The maximum absolute atomic E-state index is 12.1. The minimum Gasteiger partial charge on any atom is -0.506 e. The summed E-state index contributed by atoms with van der Waals surface area (Å²) >= 11 is 0. The number of halogens is 3. The summed E-state index contributed by atoms with van der Waals surface area (Å²) in [5.74, 6) is 1.82. The van der Waals surface area contributed by atoms with Crippen LogP contribution >= 0.6 is 0 Å². The van der Waals surface area contributed by atoms with Crippen LogP contribution in [0.3, 0.4) is 0 Å². The molecule has 2 aromatic rings. The second kappa shape index (κ2) is 8.37. The smallest absolute Gasteiger partial charge is 0.506 e. The molecule has 8 heteroatoms. The van der Waals surface area contributed by atoms with Crippen molar-refractivity contribution in [1.82, 2.24) is 4.98 Å². The highest BCUT2D eigenvalue weighted by atomic mass is 19.4. The van der Waals surface area contributed by atoms with E-state index in [4.69, 9.17) is 4.74 Å². The summed E-state index contributed by atoms with van der Waals surface area (Å²) < 4.78 is 45.9. The van der Waals surface area contributed by atoms with E-state index in [0.29, 0.717) is 18.3 Å². The lowest BCUT2D eigenvalue weighted by atomic mass is 9.94. The summed E-state index contributed by atoms with van der Waals surface area (Å²) in [5.41, 5.74) is 0. The van der Waals surface area contributed by atoms with Crippen LogP contribution in [-0.2, 0) is 0 Å². The molecule has 0 amide bonds. The first-order chi connectivity index (χ1) is 12.9. The maximum Gasteiger partial charge on any atom is 0.573 e. The Hall–Kier alpha value is -2.64. The third kappa shape index (κ3) is 5.94. The summed E-state index contributed by atoms with van der Waals surface area (Å²) in [7, 11) is 0. The molecule has 1 fully saturated rings. The number of hydrogen-bond acceptors (Lipinski definition) is 5. The van der Waals surface area contributed by atoms with E-state index in [9.17, 15) is 18.3 Å². The molecule has 1 N–H and O–H groups in total. The monoisotopic (exact) mass is 382 g/mol. The maximum atomic E-state index is 12.1. The zero-order valence-electron chi connectivity index (χ0n) is 14.7. The van der Waals surface area contributed by atoms with Crippen molar-refractivity contribution >= 4 is 5.82 Å². The molecular weight excluding hydrogens is 361 g/mol. The third-order valence-corrected chi connectivity index (χ3v) is 4.52. The van der Waals surface area contributed by atoms with E-state index in [2.05, 4.69) is 14.6 Å². The molecule has 0 saturated carbocycles. The van der Waals surface area contributed by atoms with Crippen molar-refractivity contribution in [3.8, 4) is 17.2 Å². The number of aromatic nitrogens is 1. The number of pyridine rings is 1. The van der Waals surface area contributed by atoms with E-state index >= 15 is 0 Å². The number of alkyl halides is 3. The molecule has 0 unspecified atom stereocenters. The predicted octanol–water partition coefficient (Wildman–Crippen LogP) is 4.37. The molecule has 3 rings (SSSR count). The van der Waals surface area contributed by atoms with E-state index in [-0.39, 0.29) is 11.5 Å². The van der Waals surface area contributed by atoms with E-state index in [1.54, 1.807) is 6.07 Å². The minimum atomic E-state index is -4.69. The Kier molecular flexibility index (Phi) is 5.93. The van der Waals surface area contributed by atoms with Crippen LogP contribution in [0.1, 0.15) is 19.3 Å². The second-order valence-corrected chi connectivity index (χ2v) is 6.46. The van der Waals surface area contributed by atoms with Crippen molar-refractivity contribution in [2.45, 2.75) is 25.6 Å². The highest BCUT2D eigenvalue weighted by Gasteiger charge is 2.31. The zero-order chi connectivity index (χ0) is 19.3. The Morgan fingerprint density at radius 2 is 1.70 bits per heavy atom. The van der Waals surface area contributed by atoms with Gasteiger partial charge >= 0.3 is 6.36 Å². The van der Waals surface area contributed by atoms with Gasteiger partial charge in [0.2, 0.25) is 0 Å². The van der Waals surface area contributed by atoms with E-state index in [0.717, 1.165) is 38.2 Å². The molecule has 0 aliphatic carbocycles. The van der Waals surface area contributed by atoms with Gasteiger partial charge < -0.3 is 19.5 Å². The lowest BCUT2D eigenvalue weighted by molar-refractivity contribution is -0.274. The van der Waals surface area contributed by atoms with Crippen LogP contribution in [0.5, 0.6) is 17.2 Å². The summed E-state index contributed by atoms with van der Waals surface area (Å²) in [6.07, 6.45) is -0.320. The quantitative estimate of drug-likeness (QED) is 0.804. The molecule has 0 bridgehead atoms. The number of nitrogens with zero attached hydrogens (tertiary/aromatic N) is 2. The fraction of sp³-hybridized carbons (Fsp3) is 0.421. The molecule has 1 aliphatic heterocycles. The van der Waals surface area contributed by atoms with Gasteiger partial charge in [0.05, 0.1) is 12.8 Å². The molecule has 0 radical (unpaired) electrons. The first-order valence-electron chi connectivity index (χ1n) is 8.77. The normalized spacial score (nSPS) is 15.6. The van der Waals surface area contributed by atoms with Crippen molar-refractivity contribution < 1.29 is 27.8 Å². The van der Waals surface area contributed by atoms with E-state index in [1.807, 2.05) is 6.07 Å². The van der Waals surface area contributed by atoms with Gasteiger partial charge in [-0.2, -0.15) is 0 Å². The summed E-state index contributed by atoms with van der Waals surface area (Å²) in [6.45, 7) is 2.31. The Balaban J connectivity index is 1.38. The average Bonchev–Trinajstić information content (AvgIpc) is 2.63. The summed E-state index contributed by atoms with van der Waals surface area (Å²) in [6, 6.07) is 8.87. The van der Waals surface area contributed by atoms with Gasteiger partial charge in [0.1, 0.15) is 23.1 Å². The molecule has 1 aliphatic rings. The topological polar surface area (TPSA) is 54.8 Å². The predicted molar refractivity (Wildman–Crippen MR) is 94.1 cm³/mol. The summed E-state index contributed by atoms with van der Waals surface area (Å²) in [5, 5.41) is 9.30. The van der Waals surface area contributed by atoms with Gasteiger partial charge in [-0.1, -0.05) is 0 Å². The summed E-state index contributed by atoms with van der Waals surface area (Å²) in [4.78, 5) is 6.42. The first-order valence-corrected chi connectivity index (χ1v) is 8.77. The highest BCUT2D eigenvalue weighted by molar-refractivity contribution is 5.40. The van der Waals surface area contributed by atoms with Gasteiger partial charge in [0.25, 0.3) is 0 Å². The molecule has 5 nitrogen and oxygen atoms in total. The number of hydrogen-bond donors (Lipinski definition) is 1. The number of piperidine rings is 1. The second-order valence-electron chi connectivity index (χ2n) is 6.46. The van der Waals surface area contributed by atoms with Crippen molar-refractivity contribution in [2.24, 2.45) is 5.92 Å². The molecule has 0 atom stereocenters. The lowest BCUT2D eigenvalue weighted by Gasteiger charge is -2.32. The van der Waals surface area contributed by atoms with Gasteiger partial charge in [0, 0.05) is 13.1 Å². The van der Waals surface area contributed by atoms with Crippen LogP contribution in [0, 0.1) is 5.92 Å². The number of ether oxygens (including phenoxy) is 2. The minimum absolute atomic E-state index is 0.156. The van der Waals surface area contributed by atoms with Gasteiger partial charge in [0.15, 0.2) is 0 Å². The van der Waals surface area contributed by atoms with Gasteiger partial charge in [-0.15, -0.1) is 13.2 Å². The van der Waals surface area contributed by atoms with Crippen LogP contribution in [-0.4, -0.2) is 36.1 Å². The van der Waals surface area contributed by atoms with Gasteiger partial charge in [-0.05, 0) is 61.6 Å². The molecule has 1 aromatic heterocycles. The molecule has 146 valence electrons. The molecular formula is C19H21F3N2O3. The van der Waals surface area contributed by atoms with E-state index in [1.165, 1.54) is 30.5 Å². The molecule has 2 heterocycles. The SMILES string of the molecule is Oc1ccc(N2CCC(CCOc3ccc(OC(F)(F)F)cc3)CC2)nc1. The van der Waals surface area contributed by atoms with Crippen molar-refractivity contribution in [1.29, 1.82) is 0 Å². The third-order valence-electron chi connectivity index (χ3n) is 4.52. The Labute approximate surface area is 155 Å². The van der Waals surface area contributed by atoms with Crippen LogP contribution in [0.15, 0.2) is 42.6 Å². The molecule has 1 saturated heterocycles. The Morgan fingerprint density at radius 3 is 2.30 bits per heavy atom. The van der Waals surface area contributed by atoms with Crippen molar-refractivity contribution in [2.75, 3.05) is 24.6 Å². The first kappa shape index (κ1) is 19.1. The molecule has 1 aromatic carbocycles. The van der Waals surface area contributed by atoms with Crippen LogP contribution in [0.25, 0.3) is 0 Å². The van der Waals surface area contributed by atoms with Crippen LogP contribution in [0.4, 0.5) is 19.0 Å². The Morgan fingerprint density at radius 1 is 1.04 bits per heavy atom. The number of benzene rings is 1. The van der Waals surface area contributed by atoms with Crippen molar-refractivity contribution in [3.63, 3.8) is 0 Å². The number of anilines is 1. The number of aromatic hydroxyl groups is 1. The van der Waals surface area contributed by atoms with Crippen molar-refractivity contribution in [3.05, 3.63) is 42.6 Å². The van der Waals surface area contributed by atoms with Gasteiger partial charge in [-0.3, -0.25) is 0 Å². The average molecular weight is 382 g/mol. The largest absolute Gasteiger partial charge is 0.573 e. The number of rotatable bonds is 6. The molecule has 27 heavy (non-hydrogen) atoms. The molecule has 0 spiro atoms. The van der Waals surface area contributed by atoms with E-state index < -0.39 is 6.36 Å². The standard InChI is InChI=1S/C19H21F3N2O3/c20-19(21,22)27-17-4-2-16(3-5-17)26-12-9-14-7-10-24(11-8-14)18-6-1-15(25)13-23-18/h1-6,13-14,25H,7-12H2. The van der Waals surface area contributed by atoms with Gasteiger partial charge in [-0.25, -0.2) is 4.98 Å². The highest BCUT2D eigenvalue weighted by Crippen LogP contribution is 2.27. The van der Waals surface area contributed by atoms with Crippen LogP contribution < -0.4 is 14.4 Å². The Bertz CT molecular complexity index is 712. The van der Waals surface area contributed by atoms with Crippen LogP contribution in [0.2, 0.25) is 0 Å². The fourth-order valence-electron chi connectivity index (χ4n) is 3.10.